The fourth-order valence-electron chi connectivity index (χ4n) is 1.74. The highest BCUT2D eigenvalue weighted by molar-refractivity contribution is 7.21. The third-order valence-electron chi connectivity index (χ3n) is 2.59. The number of anilines is 1. The van der Waals surface area contributed by atoms with Crippen LogP contribution >= 0.6 is 11.3 Å². The van der Waals surface area contributed by atoms with E-state index in [4.69, 9.17) is 5.73 Å². The van der Waals surface area contributed by atoms with Gasteiger partial charge < -0.3 is 5.73 Å². The number of benzene rings is 2. The number of fused-ring (bicyclic) bond motifs is 1. The third-order valence-corrected chi connectivity index (χ3v) is 3.65. The van der Waals surface area contributed by atoms with E-state index in [0.29, 0.717) is 21.8 Å². The molecular formula is C13H8F2N2S. The zero-order valence-corrected chi connectivity index (χ0v) is 9.97. The number of halogens is 2. The molecule has 0 saturated carbocycles. The normalized spacial score (nSPS) is 11.0. The standard InChI is InChI=1S/C13H8F2N2S/c14-7-1-3-9(10(16)5-7)13-17-11-4-2-8(15)6-12(11)18-13/h1-6H,16H2. The number of hydrogen-bond donors (Lipinski definition) is 1. The average molecular weight is 262 g/mol. The van der Waals surface area contributed by atoms with Crippen LogP contribution in [0, 0.1) is 11.6 Å². The molecule has 0 fully saturated rings. The first kappa shape index (κ1) is 11.1. The van der Waals surface area contributed by atoms with Crippen molar-refractivity contribution in [2.75, 3.05) is 5.73 Å². The highest BCUT2D eigenvalue weighted by atomic mass is 32.1. The first-order valence-corrected chi connectivity index (χ1v) is 6.06. The van der Waals surface area contributed by atoms with Gasteiger partial charge in [-0.05, 0) is 36.4 Å². The summed E-state index contributed by atoms with van der Waals surface area (Å²) in [4.78, 5) is 4.36. The molecule has 1 aromatic heterocycles. The summed E-state index contributed by atoms with van der Waals surface area (Å²) in [6, 6.07) is 8.57. The highest BCUT2D eigenvalue weighted by Gasteiger charge is 2.10. The van der Waals surface area contributed by atoms with Gasteiger partial charge in [-0.25, -0.2) is 13.8 Å². The number of thiazole rings is 1. The number of nitrogens with zero attached hydrogens (tertiary/aromatic N) is 1. The van der Waals surface area contributed by atoms with Gasteiger partial charge in [-0.2, -0.15) is 0 Å². The highest BCUT2D eigenvalue weighted by Crippen LogP contribution is 2.33. The largest absolute Gasteiger partial charge is 0.398 e. The monoisotopic (exact) mass is 262 g/mol. The molecule has 0 spiro atoms. The van der Waals surface area contributed by atoms with Crippen LogP contribution in [0.5, 0.6) is 0 Å². The van der Waals surface area contributed by atoms with Gasteiger partial charge in [0, 0.05) is 11.3 Å². The van der Waals surface area contributed by atoms with Gasteiger partial charge in [-0.1, -0.05) is 0 Å². The van der Waals surface area contributed by atoms with Crippen LogP contribution in [0.25, 0.3) is 20.8 Å². The van der Waals surface area contributed by atoms with Gasteiger partial charge >= 0.3 is 0 Å². The molecule has 0 amide bonds. The Labute approximate surface area is 106 Å². The van der Waals surface area contributed by atoms with Crippen molar-refractivity contribution in [1.29, 1.82) is 0 Å². The molecule has 0 bridgehead atoms. The van der Waals surface area contributed by atoms with Gasteiger partial charge in [0.2, 0.25) is 0 Å². The Kier molecular flexibility index (Phi) is 2.48. The van der Waals surface area contributed by atoms with Gasteiger partial charge in [0.1, 0.15) is 16.6 Å². The fourth-order valence-corrected chi connectivity index (χ4v) is 2.78. The first-order chi connectivity index (χ1) is 8.63. The van der Waals surface area contributed by atoms with E-state index >= 15 is 0 Å². The SMILES string of the molecule is Nc1cc(F)ccc1-c1nc2ccc(F)cc2s1. The molecule has 18 heavy (non-hydrogen) atoms. The molecular weight excluding hydrogens is 254 g/mol. The average Bonchev–Trinajstić information content (AvgIpc) is 2.71. The minimum Gasteiger partial charge on any atom is -0.398 e. The topological polar surface area (TPSA) is 38.9 Å². The Morgan fingerprint density at radius 2 is 1.72 bits per heavy atom. The maximum absolute atomic E-state index is 13.1. The van der Waals surface area contributed by atoms with Gasteiger partial charge in [0.05, 0.1) is 10.2 Å². The van der Waals surface area contributed by atoms with Crippen LogP contribution < -0.4 is 5.73 Å². The molecule has 1 heterocycles. The van der Waals surface area contributed by atoms with E-state index in [-0.39, 0.29) is 11.6 Å². The summed E-state index contributed by atoms with van der Waals surface area (Å²) in [6.07, 6.45) is 0. The quantitative estimate of drug-likeness (QED) is 0.677. The fraction of sp³-hybridized carbons (Fsp3) is 0. The Hall–Kier alpha value is -2.01. The second-order valence-corrected chi connectivity index (χ2v) is 4.89. The molecule has 0 aliphatic heterocycles. The van der Waals surface area contributed by atoms with Crippen molar-refractivity contribution in [2.24, 2.45) is 0 Å². The van der Waals surface area contributed by atoms with Crippen LogP contribution in [-0.2, 0) is 0 Å². The van der Waals surface area contributed by atoms with E-state index < -0.39 is 0 Å². The predicted octanol–water partition coefficient (Wildman–Crippen LogP) is 3.82. The summed E-state index contributed by atoms with van der Waals surface area (Å²) < 4.78 is 26.8. The van der Waals surface area contributed by atoms with Crippen LogP contribution in [0.4, 0.5) is 14.5 Å². The lowest BCUT2D eigenvalue weighted by Gasteiger charge is -2.00. The van der Waals surface area contributed by atoms with Crippen molar-refractivity contribution >= 4 is 27.2 Å². The zero-order valence-electron chi connectivity index (χ0n) is 9.15. The second-order valence-electron chi connectivity index (χ2n) is 3.86. The maximum atomic E-state index is 13.1. The van der Waals surface area contributed by atoms with Crippen molar-refractivity contribution in [3.05, 3.63) is 48.0 Å². The Morgan fingerprint density at radius 3 is 2.50 bits per heavy atom. The number of hydrogen-bond acceptors (Lipinski definition) is 3. The Bertz CT molecular complexity index is 737. The molecule has 3 rings (SSSR count). The zero-order chi connectivity index (χ0) is 12.7. The first-order valence-electron chi connectivity index (χ1n) is 5.25. The smallest absolute Gasteiger partial charge is 0.126 e. The summed E-state index contributed by atoms with van der Waals surface area (Å²) in [6.45, 7) is 0. The summed E-state index contributed by atoms with van der Waals surface area (Å²) in [5.74, 6) is -0.687. The lowest BCUT2D eigenvalue weighted by molar-refractivity contribution is 0.628. The van der Waals surface area contributed by atoms with Crippen LogP contribution in [0.15, 0.2) is 36.4 Å². The van der Waals surface area contributed by atoms with Gasteiger partial charge in [-0.15, -0.1) is 11.3 Å². The number of rotatable bonds is 1. The Morgan fingerprint density at radius 1 is 1.00 bits per heavy atom. The van der Waals surface area contributed by atoms with Crippen LogP contribution in [0.3, 0.4) is 0 Å². The van der Waals surface area contributed by atoms with Gasteiger partial charge in [-0.3, -0.25) is 0 Å². The predicted molar refractivity (Wildman–Crippen MR) is 69.4 cm³/mol. The molecule has 3 aromatic rings. The summed E-state index contributed by atoms with van der Waals surface area (Å²) in [5.41, 5.74) is 7.46. The molecule has 5 heteroatoms. The summed E-state index contributed by atoms with van der Waals surface area (Å²) in [5, 5.41) is 0.660. The maximum Gasteiger partial charge on any atom is 0.126 e. The van der Waals surface area contributed by atoms with E-state index in [1.807, 2.05) is 0 Å². The molecule has 0 radical (unpaired) electrons. The van der Waals surface area contributed by atoms with E-state index in [1.54, 1.807) is 12.1 Å². The number of nitrogens with two attached hydrogens (primary N) is 1. The third kappa shape index (κ3) is 1.82. The van der Waals surface area contributed by atoms with E-state index in [2.05, 4.69) is 4.98 Å². The molecule has 0 aliphatic rings. The van der Waals surface area contributed by atoms with Crippen molar-refractivity contribution < 1.29 is 8.78 Å². The summed E-state index contributed by atoms with van der Waals surface area (Å²) in [7, 11) is 0. The molecule has 0 unspecified atom stereocenters. The van der Waals surface area contributed by atoms with E-state index in [0.717, 1.165) is 4.70 Å². The minimum atomic E-state index is -0.386. The van der Waals surface area contributed by atoms with Crippen molar-refractivity contribution in [3.8, 4) is 10.6 Å². The van der Waals surface area contributed by atoms with Crippen LogP contribution in [-0.4, -0.2) is 4.98 Å². The summed E-state index contributed by atoms with van der Waals surface area (Å²) >= 11 is 1.33. The number of aromatic nitrogens is 1. The molecule has 2 N–H and O–H groups in total. The van der Waals surface area contributed by atoms with Gasteiger partial charge in [0.25, 0.3) is 0 Å². The lowest BCUT2D eigenvalue weighted by Crippen LogP contribution is -1.90. The minimum absolute atomic E-state index is 0.301. The van der Waals surface area contributed by atoms with Crippen molar-refractivity contribution in [1.82, 2.24) is 4.98 Å². The second kappa shape index (κ2) is 4.03. The molecule has 2 nitrogen and oxygen atoms in total. The van der Waals surface area contributed by atoms with E-state index in [9.17, 15) is 8.78 Å². The molecule has 90 valence electrons. The number of nitrogen functional groups attached to an aromatic ring is 1. The van der Waals surface area contributed by atoms with Crippen LogP contribution in [0.1, 0.15) is 0 Å². The molecule has 0 saturated heterocycles. The van der Waals surface area contributed by atoms with E-state index in [1.165, 1.54) is 35.6 Å². The molecule has 2 aromatic carbocycles. The van der Waals surface area contributed by atoms with Crippen LogP contribution in [0.2, 0.25) is 0 Å². The Balaban J connectivity index is 2.19. The van der Waals surface area contributed by atoms with Gasteiger partial charge in [0.15, 0.2) is 0 Å². The van der Waals surface area contributed by atoms with Crippen molar-refractivity contribution in [3.63, 3.8) is 0 Å². The molecule has 0 aliphatic carbocycles. The lowest BCUT2D eigenvalue weighted by atomic mass is 10.2. The van der Waals surface area contributed by atoms with Crippen molar-refractivity contribution in [2.45, 2.75) is 0 Å². The molecule has 0 atom stereocenters.